The lowest BCUT2D eigenvalue weighted by Gasteiger charge is -2.20. The third kappa shape index (κ3) is 8.29. The van der Waals surface area contributed by atoms with E-state index in [2.05, 4.69) is 10.4 Å². The monoisotopic (exact) mass is 683 g/mol. The van der Waals surface area contributed by atoms with E-state index in [4.69, 9.17) is 14.2 Å². The van der Waals surface area contributed by atoms with E-state index < -0.39 is 21.7 Å². The first-order chi connectivity index (χ1) is 23.3. The van der Waals surface area contributed by atoms with E-state index in [9.17, 15) is 18.0 Å². The standard InChI is InChI=1S/C38H41N3O7S/c1-7-46-36(42)21-28-11-8-9-14-35(28)47-24-27-19-32(31-13-10-12-29(26(31)3)22-39-37(43)48-38(4,5)6)33-23-40-41(34(33)20-27)49(44,45)30-17-15-25(2)16-18-30/h8-20,23H,7,21-22,24H2,1-6H3,(H,39,43). The summed E-state index contributed by atoms with van der Waals surface area (Å²) >= 11 is 0. The van der Waals surface area contributed by atoms with Crippen molar-refractivity contribution >= 4 is 33.0 Å². The van der Waals surface area contributed by atoms with Gasteiger partial charge in [0.1, 0.15) is 18.0 Å². The third-order valence-electron chi connectivity index (χ3n) is 7.83. The Morgan fingerprint density at radius 2 is 1.61 bits per heavy atom. The molecule has 4 aromatic carbocycles. The van der Waals surface area contributed by atoms with Crippen LogP contribution < -0.4 is 10.1 Å². The van der Waals surface area contributed by atoms with Gasteiger partial charge in [-0.1, -0.05) is 54.1 Å². The van der Waals surface area contributed by atoms with Crippen molar-refractivity contribution in [1.82, 2.24) is 14.5 Å². The number of hydrogen-bond acceptors (Lipinski definition) is 8. The number of amides is 1. The summed E-state index contributed by atoms with van der Waals surface area (Å²) < 4.78 is 45.7. The largest absolute Gasteiger partial charge is 0.489 e. The Kier molecular flexibility index (Phi) is 10.4. The number of fused-ring (bicyclic) bond motifs is 1. The number of alkyl carbamates (subject to hydrolysis) is 1. The van der Waals surface area contributed by atoms with Gasteiger partial charge in [-0.15, -0.1) is 0 Å². The molecule has 49 heavy (non-hydrogen) atoms. The summed E-state index contributed by atoms with van der Waals surface area (Å²) in [6.45, 7) is 11.6. The molecule has 1 aromatic heterocycles. The number of para-hydroxylation sites is 1. The van der Waals surface area contributed by atoms with Crippen LogP contribution in [0.15, 0.2) is 90.0 Å². The van der Waals surface area contributed by atoms with E-state index >= 15 is 0 Å². The highest BCUT2D eigenvalue weighted by Crippen LogP contribution is 2.35. The van der Waals surface area contributed by atoms with Gasteiger partial charge in [-0.05, 0) is 99.7 Å². The topological polar surface area (TPSA) is 126 Å². The molecule has 0 atom stereocenters. The van der Waals surface area contributed by atoms with Crippen LogP contribution in [0.4, 0.5) is 4.79 Å². The number of aromatic nitrogens is 2. The molecule has 0 spiro atoms. The van der Waals surface area contributed by atoms with Crippen LogP contribution in [0, 0.1) is 13.8 Å². The molecule has 5 rings (SSSR count). The summed E-state index contributed by atoms with van der Waals surface area (Å²) in [4.78, 5) is 24.8. The van der Waals surface area contributed by atoms with Crippen molar-refractivity contribution in [3.8, 4) is 16.9 Å². The fourth-order valence-corrected chi connectivity index (χ4v) is 6.70. The Morgan fingerprint density at radius 1 is 0.898 bits per heavy atom. The lowest BCUT2D eigenvalue weighted by Crippen LogP contribution is -2.32. The highest BCUT2D eigenvalue weighted by Gasteiger charge is 2.24. The van der Waals surface area contributed by atoms with Gasteiger partial charge in [0.25, 0.3) is 10.0 Å². The maximum absolute atomic E-state index is 13.9. The molecule has 11 heteroatoms. The molecule has 0 unspecified atom stereocenters. The average molecular weight is 684 g/mol. The number of benzene rings is 4. The summed E-state index contributed by atoms with van der Waals surface area (Å²) in [7, 11) is -4.05. The number of carbonyl (C=O) groups excluding carboxylic acids is 2. The van der Waals surface area contributed by atoms with E-state index in [1.807, 2.05) is 56.3 Å². The summed E-state index contributed by atoms with van der Waals surface area (Å²) in [5.41, 5.74) is 5.40. The maximum Gasteiger partial charge on any atom is 0.407 e. The zero-order valence-electron chi connectivity index (χ0n) is 28.6. The quantitative estimate of drug-likeness (QED) is 0.144. The number of carbonyl (C=O) groups is 2. The van der Waals surface area contributed by atoms with E-state index in [1.54, 1.807) is 70.3 Å². The summed E-state index contributed by atoms with van der Waals surface area (Å²) in [6, 6.07) is 23.3. The summed E-state index contributed by atoms with van der Waals surface area (Å²) in [5.74, 6) is 0.161. The molecule has 256 valence electrons. The van der Waals surface area contributed by atoms with Crippen LogP contribution in [0.2, 0.25) is 0 Å². The van der Waals surface area contributed by atoms with Gasteiger partial charge in [0.15, 0.2) is 0 Å². The Morgan fingerprint density at radius 3 is 2.33 bits per heavy atom. The number of aryl methyl sites for hydroxylation is 1. The Labute approximate surface area is 287 Å². The second-order valence-electron chi connectivity index (χ2n) is 12.7. The zero-order valence-corrected chi connectivity index (χ0v) is 29.4. The summed E-state index contributed by atoms with van der Waals surface area (Å²) in [5, 5.41) is 7.84. The number of nitrogens with zero attached hydrogens (tertiary/aromatic N) is 2. The van der Waals surface area contributed by atoms with Gasteiger partial charge in [0.05, 0.1) is 29.6 Å². The van der Waals surface area contributed by atoms with E-state index in [0.717, 1.165) is 31.9 Å². The van der Waals surface area contributed by atoms with Crippen molar-refractivity contribution in [2.45, 2.75) is 71.6 Å². The molecule has 0 saturated carbocycles. The van der Waals surface area contributed by atoms with Gasteiger partial charge in [0.2, 0.25) is 0 Å². The number of hydrogen-bond donors (Lipinski definition) is 1. The lowest BCUT2D eigenvalue weighted by atomic mass is 9.93. The maximum atomic E-state index is 13.9. The minimum Gasteiger partial charge on any atom is -0.489 e. The van der Waals surface area contributed by atoms with Crippen molar-refractivity contribution in [2.24, 2.45) is 0 Å². The van der Waals surface area contributed by atoms with Crippen molar-refractivity contribution in [3.05, 3.63) is 113 Å². The van der Waals surface area contributed by atoms with Gasteiger partial charge in [0, 0.05) is 17.5 Å². The first-order valence-corrected chi connectivity index (χ1v) is 17.5. The molecule has 1 heterocycles. The SMILES string of the molecule is CCOC(=O)Cc1ccccc1OCc1cc(-c2cccc(CNC(=O)OC(C)(C)C)c2C)c2cnn(S(=O)(=O)c3ccc(C)cc3)c2c1. The first-order valence-electron chi connectivity index (χ1n) is 16.0. The second kappa shape index (κ2) is 14.5. The molecule has 1 N–H and O–H groups in total. The number of esters is 1. The minimum atomic E-state index is -4.05. The molecule has 5 aromatic rings. The van der Waals surface area contributed by atoms with Gasteiger partial charge < -0.3 is 19.5 Å². The Balaban J connectivity index is 1.57. The second-order valence-corrected chi connectivity index (χ2v) is 14.5. The van der Waals surface area contributed by atoms with Crippen LogP contribution in [-0.4, -0.2) is 41.9 Å². The fraction of sp³-hybridized carbons (Fsp3) is 0.289. The predicted octanol–water partition coefficient (Wildman–Crippen LogP) is 7.27. The third-order valence-corrected chi connectivity index (χ3v) is 9.44. The van der Waals surface area contributed by atoms with Crippen LogP contribution >= 0.6 is 0 Å². The first kappa shape index (κ1) is 35.2. The molecule has 0 fully saturated rings. The molecule has 0 aliphatic heterocycles. The minimum absolute atomic E-state index is 0.0547. The van der Waals surface area contributed by atoms with Crippen molar-refractivity contribution < 1.29 is 32.2 Å². The van der Waals surface area contributed by atoms with Crippen molar-refractivity contribution in [3.63, 3.8) is 0 Å². The number of rotatable bonds is 11. The summed E-state index contributed by atoms with van der Waals surface area (Å²) in [6.07, 6.45) is 1.09. The van der Waals surface area contributed by atoms with Crippen LogP contribution in [-0.2, 0) is 43.9 Å². The van der Waals surface area contributed by atoms with E-state index in [-0.39, 0.29) is 37.0 Å². The van der Waals surface area contributed by atoms with Gasteiger partial charge >= 0.3 is 12.1 Å². The highest BCUT2D eigenvalue weighted by molar-refractivity contribution is 7.90. The molecular formula is C38H41N3O7S. The molecule has 0 aliphatic carbocycles. The van der Waals surface area contributed by atoms with Crippen LogP contribution in [0.1, 0.15) is 55.5 Å². The Bertz CT molecular complexity index is 2100. The number of ether oxygens (including phenoxy) is 3. The van der Waals surface area contributed by atoms with E-state index in [1.165, 1.54) is 0 Å². The number of nitrogens with one attached hydrogen (secondary N) is 1. The van der Waals surface area contributed by atoms with Crippen LogP contribution in [0.3, 0.4) is 0 Å². The molecule has 0 radical (unpaired) electrons. The molecule has 0 bridgehead atoms. The normalized spacial score (nSPS) is 11.7. The molecule has 0 saturated heterocycles. The molecular weight excluding hydrogens is 642 g/mol. The smallest absolute Gasteiger partial charge is 0.407 e. The van der Waals surface area contributed by atoms with Crippen LogP contribution in [0.25, 0.3) is 22.0 Å². The van der Waals surface area contributed by atoms with Gasteiger partial charge in [-0.3, -0.25) is 4.79 Å². The highest BCUT2D eigenvalue weighted by atomic mass is 32.2. The van der Waals surface area contributed by atoms with E-state index in [0.29, 0.717) is 27.8 Å². The Hall–Kier alpha value is -5.16. The lowest BCUT2D eigenvalue weighted by molar-refractivity contribution is -0.142. The van der Waals surface area contributed by atoms with Gasteiger partial charge in [-0.2, -0.15) is 17.6 Å². The molecule has 0 aliphatic rings. The zero-order chi connectivity index (χ0) is 35.3. The fourth-order valence-electron chi connectivity index (χ4n) is 5.44. The van der Waals surface area contributed by atoms with Crippen molar-refractivity contribution in [1.29, 1.82) is 0 Å². The average Bonchev–Trinajstić information content (AvgIpc) is 3.48. The van der Waals surface area contributed by atoms with Crippen LogP contribution in [0.5, 0.6) is 5.75 Å². The predicted molar refractivity (Wildman–Crippen MR) is 188 cm³/mol. The van der Waals surface area contributed by atoms with Gasteiger partial charge in [-0.25, -0.2) is 4.79 Å². The molecule has 10 nitrogen and oxygen atoms in total. The molecule has 1 amide bonds. The van der Waals surface area contributed by atoms with Crippen molar-refractivity contribution in [2.75, 3.05) is 6.61 Å².